The lowest BCUT2D eigenvalue weighted by Gasteiger charge is -2.04. The van der Waals surface area contributed by atoms with E-state index in [1.165, 1.54) is 24.2 Å². The lowest BCUT2D eigenvalue weighted by molar-refractivity contribution is 0.614. The number of unbranched alkanes of at least 4 members (excludes halogenated alkanes) is 3. The van der Waals surface area contributed by atoms with E-state index in [1.807, 2.05) is 11.8 Å². The zero-order chi connectivity index (χ0) is 12.2. The molecule has 0 aliphatic carbocycles. The third kappa shape index (κ3) is 8.53. The lowest BCUT2D eigenvalue weighted by Crippen LogP contribution is -2.18. The molecule has 0 spiro atoms. The molecule has 0 saturated heterocycles. The minimum atomic E-state index is 0.807. The zero-order valence-electron chi connectivity index (χ0n) is 10.3. The second-order valence-electron chi connectivity index (χ2n) is 4.01. The highest BCUT2D eigenvalue weighted by atomic mass is 35.5. The highest BCUT2D eigenvalue weighted by Crippen LogP contribution is 2.15. The van der Waals surface area contributed by atoms with Gasteiger partial charge >= 0.3 is 0 Å². The average Bonchev–Trinajstić information content (AvgIpc) is 2.38. The highest BCUT2D eigenvalue weighted by Gasteiger charge is 1.93. The van der Waals surface area contributed by atoms with Crippen LogP contribution < -0.4 is 5.32 Å². The maximum absolute atomic E-state index is 5.62. The normalized spacial score (nSPS) is 10.6. The summed E-state index contributed by atoms with van der Waals surface area (Å²) in [5.41, 5.74) is 0. The van der Waals surface area contributed by atoms with Gasteiger partial charge in [-0.05, 0) is 31.5 Å². The molecule has 0 fully saturated rings. The van der Waals surface area contributed by atoms with Gasteiger partial charge in [-0.3, -0.25) is 0 Å². The van der Waals surface area contributed by atoms with Gasteiger partial charge in [-0.15, -0.1) is 23.4 Å². The summed E-state index contributed by atoms with van der Waals surface area (Å²) in [6, 6.07) is 10.6. The first-order chi connectivity index (χ1) is 8.43. The first kappa shape index (κ1) is 14.9. The quantitative estimate of drug-likeness (QED) is 0.389. The monoisotopic (exact) mass is 271 g/mol. The third-order valence-electron chi connectivity index (χ3n) is 2.53. The SMILES string of the molecule is ClCCCCCCNCCSc1ccccc1. The first-order valence-corrected chi connectivity index (χ1v) is 7.90. The lowest BCUT2D eigenvalue weighted by atomic mass is 10.2. The minimum Gasteiger partial charge on any atom is -0.316 e. The van der Waals surface area contributed by atoms with E-state index in [9.17, 15) is 0 Å². The van der Waals surface area contributed by atoms with Crippen LogP contribution in [0.4, 0.5) is 0 Å². The van der Waals surface area contributed by atoms with Gasteiger partial charge in [-0.1, -0.05) is 31.0 Å². The van der Waals surface area contributed by atoms with Crippen molar-refractivity contribution in [1.82, 2.24) is 5.32 Å². The second kappa shape index (κ2) is 10.9. The molecule has 0 bridgehead atoms. The summed E-state index contributed by atoms with van der Waals surface area (Å²) >= 11 is 7.54. The fourth-order valence-corrected chi connectivity index (χ4v) is 2.60. The fourth-order valence-electron chi connectivity index (χ4n) is 1.58. The van der Waals surface area contributed by atoms with Crippen LogP contribution in [0.3, 0.4) is 0 Å². The highest BCUT2D eigenvalue weighted by molar-refractivity contribution is 7.99. The molecule has 0 heterocycles. The number of alkyl halides is 1. The van der Waals surface area contributed by atoms with Gasteiger partial charge in [0.2, 0.25) is 0 Å². The van der Waals surface area contributed by atoms with Crippen molar-refractivity contribution < 1.29 is 0 Å². The number of benzene rings is 1. The summed E-state index contributed by atoms with van der Waals surface area (Å²) in [5, 5.41) is 3.48. The summed E-state index contributed by atoms with van der Waals surface area (Å²) in [6.07, 6.45) is 4.99. The van der Waals surface area contributed by atoms with Crippen molar-refractivity contribution in [2.75, 3.05) is 24.7 Å². The summed E-state index contributed by atoms with van der Waals surface area (Å²) in [6.45, 7) is 2.23. The van der Waals surface area contributed by atoms with E-state index in [0.717, 1.165) is 31.1 Å². The Hall–Kier alpha value is -0.180. The zero-order valence-corrected chi connectivity index (χ0v) is 11.9. The van der Waals surface area contributed by atoms with E-state index >= 15 is 0 Å². The number of rotatable bonds is 10. The van der Waals surface area contributed by atoms with Crippen molar-refractivity contribution >= 4 is 23.4 Å². The molecule has 17 heavy (non-hydrogen) atoms. The van der Waals surface area contributed by atoms with Crippen molar-refractivity contribution in [3.63, 3.8) is 0 Å². The van der Waals surface area contributed by atoms with Crippen molar-refractivity contribution in [3.05, 3.63) is 30.3 Å². The molecule has 0 amide bonds. The van der Waals surface area contributed by atoms with Gasteiger partial charge in [0, 0.05) is 23.1 Å². The van der Waals surface area contributed by atoms with Gasteiger partial charge in [0.15, 0.2) is 0 Å². The van der Waals surface area contributed by atoms with Crippen LogP contribution in [0.2, 0.25) is 0 Å². The number of halogens is 1. The van der Waals surface area contributed by atoms with E-state index < -0.39 is 0 Å². The number of hydrogen-bond donors (Lipinski definition) is 1. The largest absolute Gasteiger partial charge is 0.316 e. The molecule has 3 heteroatoms. The van der Waals surface area contributed by atoms with Crippen molar-refractivity contribution in [2.45, 2.75) is 30.6 Å². The van der Waals surface area contributed by atoms with Crippen LogP contribution in [0, 0.1) is 0 Å². The predicted molar refractivity (Wildman–Crippen MR) is 79.2 cm³/mol. The molecule has 0 saturated carbocycles. The van der Waals surface area contributed by atoms with Crippen LogP contribution in [-0.2, 0) is 0 Å². The Morgan fingerprint density at radius 1 is 0.941 bits per heavy atom. The molecule has 0 aliphatic rings. The Kier molecular flexibility index (Phi) is 9.58. The Balaban J connectivity index is 1.85. The van der Waals surface area contributed by atoms with Crippen molar-refractivity contribution in [1.29, 1.82) is 0 Å². The molecule has 0 aromatic heterocycles. The molecule has 96 valence electrons. The molecular formula is C14H22ClNS. The van der Waals surface area contributed by atoms with Gasteiger partial charge in [0.05, 0.1) is 0 Å². The summed E-state index contributed by atoms with van der Waals surface area (Å²) < 4.78 is 0. The molecule has 1 rings (SSSR count). The maximum Gasteiger partial charge on any atom is 0.0223 e. The minimum absolute atomic E-state index is 0.807. The predicted octanol–water partition coefficient (Wildman–Crippen LogP) is 4.17. The molecule has 1 aromatic rings. The van der Waals surface area contributed by atoms with Crippen LogP contribution in [0.15, 0.2) is 35.2 Å². The van der Waals surface area contributed by atoms with E-state index in [4.69, 9.17) is 11.6 Å². The second-order valence-corrected chi connectivity index (χ2v) is 5.56. The van der Waals surface area contributed by atoms with Gasteiger partial charge in [-0.25, -0.2) is 0 Å². The first-order valence-electron chi connectivity index (χ1n) is 6.38. The molecule has 1 aromatic carbocycles. The Morgan fingerprint density at radius 3 is 2.47 bits per heavy atom. The molecule has 0 aliphatic heterocycles. The number of nitrogens with one attached hydrogen (secondary N) is 1. The molecule has 0 atom stereocenters. The van der Waals surface area contributed by atoms with Crippen LogP contribution in [-0.4, -0.2) is 24.7 Å². The van der Waals surface area contributed by atoms with Gasteiger partial charge in [0.25, 0.3) is 0 Å². The Bertz CT molecular complexity index is 266. The van der Waals surface area contributed by atoms with Crippen molar-refractivity contribution in [2.24, 2.45) is 0 Å². The van der Waals surface area contributed by atoms with Gasteiger partial charge in [0.1, 0.15) is 0 Å². The Labute approximate surface area is 114 Å². The Morgan fingerprint density at radius 2 is 1.71 bits per heavy atom. The van der Waals surface area contributed by atoms with Crippen LogP contribution in [0.5, 0.6) is 0 Å². The molecule has 0 unspecified atom stereocenters. The van der Waals surface area contributed by atoms with Crippen LogP contribution in [0.25, 0.3) is 0 Å². The topological polar surface area (TPSA) is 12.0 Å². The average molecular weight is 272 g/mol. The fraction of sp³-hybridized carbons (Fsp3) is 0.571. The maximum atomic E-state index is 5.62. The molecule has 0 radical (unpaired) electrons. The molecule has 1 nitrogen and oxygen atoms in total. The van der Waals surface area contributed by atoms with E-state index in [2.05, 4.69) is 35.6 Å². The van der Waals surface area contributed by atoms with Crippen LogP contribution >= 0.6 is 23.4 Å². The van der Waals surface area contributed by atoms with Crippen LogP contribution in [0.1, 0.15) is 25.7 Å². The van der Waals surface area contributed by atoms with E-state index in [-0.39, 0.29) is 0 Å². The van der Waals surface area contributed by atoms with Gasteiger partial charge < -0.3 is 5.32 Å². The molecule has 1 N–H and O–H groups in total. The number of hydrogen-bond acceptors (Lipinski definition) is 2. The smallest absolute Gasteiger partial charge is 0.0223 e. The van der Waals surface area contributed by atoms with E-state index in [1.54, 1.807) is 0 Å². The number of thioether (sulfide) groups is 1. The standard InChI is InChI=1S/C14H22ClNS/c15-10-6-1-2-7-11-16-12-13-17-14-8-4-3-5-9-14/h3-5,8-9,16H,1-2,6-7,10-13H2. The third-order valence-corrected chi connectivity index (χ3v) is 3.81. The summed E-state index contributed by atoms with van der Waals surface area (Å²) in [5.74, 6) is 1.95. The van der Waals surface area contributed by atoms with E-state index in [0.29, 0.717) is 0 Å². The summed E-state index contributed by atoms with van der Waals surface area (Å²) in [4.78, 5) is 1.36. The summed E-state index contributed by atoms with van der Waals surface area (Å²) in [7, 11) is 0. The van der Waals surface area contributed by atoms with Gasteiger partial charge in [-0.2, -0.15) is 0 Å². The molecular weight excluding hydrogens is 250 g/mol. The van der Waals surface area contributed by atoms with Crippen molar-refractivity contribution in [3.8, 4) is 0 Å².